The molecule has 0 atom stereocenters. The summed E-state index contributed by atoms with van der Waals surface area (Å²) in [7, 11) is -3.11. The van der Waals surface area contributed by atoms with Crippen LogP contribution in [0.3, 0.4) is 0 Å². The van der Waals surface area contributed by atoms with Crippen molar-refractivity contribution in [1.82, 2.24) is 0 Å². The Morgan fingerprint density at radius 1 is 1.29 bits per heavy atom. The van der Waals surface area contributed by atoms with Crippen LogP contribution in [0.4, 0.5) is 0 Å². The molecule has 3 heteroatoms. The highest BCUT2D eigenvalue weighted by Crippen LogP contribution is 2.17. The molecule has 0 aromatic heterocycles. The van der Waals surface area contributed by atoms with Crippen LogP contribution in [0.1, 0.15) is 26.3 Å². The molecule has 0 N–H and O–H groups in total. The number of hydrogen-bond donors (Lipinski definition) is 0. The number of rotatable bonds is 3. The van der Waals surface area contributed by atoms with Crippen LogP contribution in [0.15, 0.2) is 29.2 Å². The van der Waals surface area contributed by atoms with Crippen LogP contribution in [0.5, 0.6) is 0 Å². The van der Waals surface area contributed by atoms with Gasteiger partial charge in [-0.05, 0) is 38.0 Å². The van der Waals surface area contributed by atoms with E-state index in [2.05, 4.69) is 0 Å². The highest BCUT2D eigenvalue weighted by molar-refractivity contribution is 7.92. The van der Waals surface area contributed by atoms with Crippen LogP contribution in [-0.2, 0) is 16.3 Å². The van der Waals surface area contributed by atoms with Gasteiger partial charge in [0.05, 0.1) is 10.1 Å². The fourth-order valence-corrected chi connectivity index (χ4v) is 2.34. The molecule has 0 radical (unpaired) electrons. The van der Waals surface area contributed by atoms with E-state index in [1.807, 2.05) is 13.0 Å². The molecule has 78 valence electrons. The molecule has 1 aromatic carbocycles. The predicted molar refractivity (Wildman–Crippen MR) is 58.1 cm³/mol. The van der Waals surface area contributed by atoms with Crippen LogP contribution in [-0.4, -0.2) is 13.7 Å². The van der Waals surface area contributed by atoms with Gasteiger partial charge in [-0.25, -0.2) is 8.42 Å². The Kier molecular flexibility index (Phi) is 3.32. The Bertz CT molecular complexity index is 405. The van der Waals surface area contributed by atoms with Gasteiger partial charge in [0.15, 0.2) is 9.84 Å². The molecule has 0 unspecified atom stereocenters. The van der Waals surface area contributed by atoms with Crippen molar-refractivity contribution >= 4 is 9.84 Å². The summed E-state index contributed by atoms with van der Waals surface area (Å²) < 4.78 is 23.6. The minimum absolute atomic E-state index is 0.352. The van der Waals surface area contributed by atoms with Crippen molar-refractivity contribution < 1.29 is 8.42 Å². The molecule has 0 aliphatic heterocycles. The first kappa shape index (κ1) is 11.2. The average molecular weight is 212 g/mol. The van der Waals surface area contributed by atoms with E-state index in [1.165, 1.54) is 0 Å². The van der Waals surface area contributed by atoms with Gasteiger partial charge in [0.2, 0.25) is 0 Å². The Hall–Kier alpha value is -0.830. The summed E-state index contributed by atoms with van der Waals surface area (Å²) in [5, 5.41) is -0.352. The molecule has 0 amide bonds. The van der Waals surface area contributed by atoms with Gasteiger partial charge >= 0.3 is 0 Å². The van der Waals surface area contributed by atoms with Gasteiger partial charge in [0.25, 0.3) is 0 Å². The first-order chi connectivity index (χ1) is 6.48. The van der Waals surface area contributed by atoms with E-state index >= 15 is 0 Å². The third-order valence-electron chi connectivity index (χ3n) is 2.26. The van der Waals surface area contributed by atoms with E-state index in [0.717, 1.165) is 12.0 Å². The van der Waals surface area contributed by atoms with Crippen LogP contribution in [0.25, 0.3) is 0 Å². The summed E-state index contributed by atoms with van der Waals surface area (Å²) in [6.07, 6.45) is 0.863. The van der Waals surface area contributed by atoms with Crippen molar-refractivity contribution in [2.45, 2.75) is 37.3 Å². The van der Waals surface area contributed by atoms with E-state index in [4.69, 9.17) is 0 Å². The summed E-state index contributed by atoms with van der Waals surface area (Å²) in [6, 6.07) is 7.16. The summed E-state index contributed by atoms with van der Waals surface area (Å²) in [4.78, 5) is 0.437. The molecule has 2 nitrogen and oxygen atoms in total. The van der Waals surface area contributed by atoms with Gasteiger partial charge in [-0.1, -0.05) is 19.1 Å². The maximum atomic E-state index is 11.8. The van der Waals surface area contributed by atoms with Gasteiger partial charge in [-0.2, -0.15) is 0 Å². The summed E-state index contributed by atoms with van der Waals surface area (Å²) in [6.45, 7) is 5.42. The zero-order valence-electron chi connectivity index (χ0n) is 8.82. The molecule has 0 saturated heterocycles. The van der Waals surface area contributed by atoms with Crippen molar-refractivity contribution in [2.24, 2.45) is 0 Å². The molecule has 0 spiro atoms. The Morgan fingerprint density at radius 2 is 1.93 bits per heavy atom. The van der Waals surface area contributed by atoms with Crippen molar-refractivity contribution in [1.29, 1.82) is 0 Å². The Balaban J connectivity index is 3.20. The molecule has 0 heterocycles. The van der Waals surface area contributed by atoms with Gasteiger partial charge < -0.3 is 0 Å². The van der Waals surface area contributed by atoms with E-state index in [0.29, 0.717) is 4.90 Å². The molecule has 14 heavy (non-hydrogen) atoms. The van der Waals surface area contributed by atoms with Gasteiger partial charge in [-0.15, -0.1) is 0 Å². The lowest BCUT2D eigenvalue weighted by Crippen LogP contribution is -2.14. The Morgan fingerprint density at radius 3 is 2.43 bits per heavy atom. The van der Waals surface area contributed by atoms with Gasteiger partial charge in [0.1, 0.15) is 0 Å². The lowest BCUT2D eigenvalue weighted by Gasteiger charge is -2.08. The monoisotopic (exact) mass is 212 g/mol. The first-order valence-electron chi connectivity index (χ1n) is 4.81. The molecule has 0 saturated carbocycles. The van der Waals surface area contributed by atoms with Crippen LogP contribution in [0.2, 0.25) is 0 Å². The Labute approximate surface area is 85.9 Å². The lowest BCUT2D eigenvalue weighted by molar-refractivity contribution is 0.587. The van der Waals surface area contributed by atoms with E-state index < -0.39 is 9.84 Å². The molecular weight excluding hydrogens is 196 g/mol. The highest BCUT2D eigenvalue weighted by atomic mass is 32.2. The number of hydrogen-bond acceptors (Lipinski definition) is 2. The smallest absolute Gasteiger partial charge is 0.180 e. The summed E-state index contributed by atoms with van der Waals surface area (Å²) >= 11 is 0. The van der Waals surface area contributed by atoms with Crippen molar-refractivity contribution in [3.8, 4) is 0 Å². The molecule has 0 aliphatic rings. The summed E-state index contributed by atoms with van der Waals surface area (Å²) in [5.74, 6) is 0. The maximum Gasteiger partial charge on any atom is 0.180 e. The lowest BCUT2D eigenvalue weighted by atomic mass is 10.2. The van der Waals surface area contributed by atoms with Crippen LogP contribution >= 0.6 is 0 Å². The third-order valence-corrected chi connectivity index (χ3v) is 4.41. The summed E-state index contributed by atoms with van der Waals surface area (Å²) in [5.41, 5.74) is 1.06. The van der Waals surface area contributed by atoms with E-state index in [-0.39, 0.29) is 5.25 Å². The average Bonchev–Trinajstić information content (AvgIpc) is 2.17. The second-order valence-electron chi connectivity index (χ2n) is 3.59. The molecule has 0 fully saturated rings. The van der Waals surface area contributed by atoms with Crippen molar-refractivity contribution in [3.63, 3.8) is 0 Å². The van der Waals surface area contributed by atoms with E-state index in [1.54, 1.807) is 32.0 Å². The largest absolute Gasteiger partial charge is 0.223 e. The minimum atomic E-state index is -3.11. The zero-order chi connectivity index (χ0) is 10.8. The second kappa shape index (κ2) is 4.13. The number of aryl methyl sites for hydroxylation is 1. The van der Waals surface area contributed by atoms with Crippen LogP contribution in [0, 0.1) is 0 Å². The molecule has 1 rings (SSSR count). The van der Waals surface area contributed by atoms with Gasteiger partial charge in [0, 0.05) is 0 Å². The molecule has 0 bridgehead atoms. The standard InChI is InChI=1S/C11H16O2S/c1-4-10-6-5-7-11(8-10)14(12,13)9(2)3/h5-9H,4H2,1-3H3. The highest BCUT2D eigenvalue weighted by Gasteiger charge is 2.18. The van der Waals surface area contributed by atoms with Crippen LogP contribution < -0.4 is 0 Å². The quantitative estimate of drug-likeness (QED) is 0.771. The maximum absolute atomic E-state index is 11.8. The van der Waals surface area contributed by atoms with E-state index in [9.17, 15) is 8.42 Å². The first-order valence-corrected chi connectivity index (χ1v) is 6.36. The zero-order valence-corrected chi connectivity index (χ0v) is 9.64. The fourth-order valence-electron chi connectivity index (χ4n) is 1.21. The fraction of sp³-hybridized carbons (Fsp3) is 0.455. The number of benzene rings is 1. The minimum Gasteiger partial charge on any atom is -0.223 e. The van der Waals surface area contributed by atoms with Crippen molar-refractivity contribution in [3.05, 3.63) is 29.8 Å². The second-order valence-corrected chi connectivity index (χ2v) is 6.10. The molecule has 1 aromatic rings. The number of sulfone groups is 1. The normalized spacial score (nSPS) is 12.0. The SMILES string of the molecule is CCc1cccc(S(=O)(=O)C(C)C)c1. The predicted octanol–water partition coefficient (Wildman–Crippen LogP) is 2.43. The third kappa shape index (κ3) is 2.15. The van der Waals surface area contributed by atoms with Crippen molar-refractivity contribution in [2.75, 3.05) is 0 Å². The molecular formula is C11H16O2S. The van der Waals surface area contributed by atoms with Gasteiger partial charge in [-0.3, -0.25) is 0 Å². The topological polar surface area (TPSA) is 34.1 Å². The molecule has 0 aliphatic carbocycles.